The average Bonchev–Trinajstić information content (AvgIpc) is 2.63. The summed E-state index contributed by atoms with van der Waals surface area (Å²) >= 11 is 3.07. The van der Waals surface area contributed by atoms with Gasteiger partial charge < -0.3 is 5.11 Å². The molecule has 2 rings (SSSR count). The molecule has 1 N–H and O–H groups in total. The van der Waals surface area contributed by atoms with Crippen molar-refractivity contribution in [3.05, 3.63) is 5.82 Å². The fourth-order valence-electron chi connectivity index (χ4n) is 1.89. The fraction of sp³-hybridized carbons (Fsp3) is 0.800. The van der Waals surface area contributed by atoms with Gasteiger partial charge in [-0.25, -0.2) is 4.98 Å². The van der Waals surface area contributed by atoms with E-state index in [1.807, 2.05) is 6.92 Å². The number of rotatable bonds is 3. The van der Waals surface area contributed by atoms with Gasteiger partial charge in [-0.1, -0.05) is 31.0 Å². The second-order valence-corrected chi connectivity index (χ2v) is 6.16. The number of hydrogen-bond acceptors (Lipinski definition) is 5. The molecular formula is C10H16N2OS2. The Morgan fingerprint density at radius 1 is 1.40 bits per heavy atom. The van der Waals surface area contributed by atoms with Gasteiger partial charge in [0.2, 0.25) is 0 Å². The monoisotopic (exact) mass is 244 g/mol. The van der Waals surface area contributed by atoms with E-state index >= 15 is 0 Å². The number of aryl methyl sites for hydroxylation is 1. The number of aliphatic hydroxyl groups is 1. The third kappa shape index (κ3) is 3.16. The molecule has 0 spiro atoms. The minimum absolute atomic E-state index is 0.456. The van der Waals surface area contributed by atoms with Crippen molar-refractivity contribution in [2.24, 2.45) is 0 Å². The topological polar surface area (TPSA) is 46.0 Å². The van der Waals surface area contributed by atoms with Crippen LogP contribution in [0, 0.1) is 6.92 Å². The smallest absolute Gasteiger partial charge is 0.170 e. The molecule has 1 fully saturated rings. The zero-order chi connectivity index (χ0) is 10.7. The maximum Gasteiger partial charge on any atom is 0.170 e. The van der Waals surface area contributed by atoms with E-state index in [0.29, 0.717) is 0 Å². The van der Waals surface area contributed by atoms with E-state index in [1.54, 1.807) is 11.8 Å². The summed E-state index contributed by atoms with van der Waals surface area (Å²) in [6.07, 6.45) is 5.47. The van der Waals surface area contributed by atoms with E-state index in [9.17, 15) is 5.11 Å². The molecule has 3 nitrogen and oxygen atoms in total. The number of hydrogen-bond donors (Lipinski definition) is 1. The van der Waals surface area contributed by atoms with Gasteiger partial charge in [-0.2, -0.15) is 4.37 Å². The molecule has 0 atom stereocenters. The van der Waals surface area contributed by atoms with Gasteiger partial charge >= 0.3 is 0 Å². The van der Waals surface area contributed by atoms with Crippen LogP contribution in [0.2, 0.25) is 0 Å². The summed E-state index contributed by atoms with van der Waals surface area (Å²) in [5.41, 5.74) is -0.456. The molecule has 0 amide bonds. The Labute approximate surface area is 98.5 Å². The molecule has 1 aromatic rings. The van der Waals surface area contributed by atoms with Crippen molar-refractivity contribution in [2.75, 3.05) is 5.75 Å². The molecular weight excluding hydrogens is 228 g/mol. The quantitative estimate of drug-likeness (QED) is 0.830. The Hall–Kier alpha value is -0.130. The van der Waals surface area contributed by atoms with Gasteiger partial charge in [-0.05, 0) is 31.3 Å². The Bertz CT molecular complexity index is 321. The summed E-state index contributed by atoms with van der Waals surface area (Å²) in [5, 5.41) is 10.3. The SMILES string of the molecule is Cc1nsc(SCC2(O)CCCCC2)n1. The molecule has 0 bridgehead atoms. The summed E-state index contributed by atoms with van der Waals surface area (Å²) in [5.74, 6) is 1.60. The lowest BCUT2D eigenvalue weighted by Crippen LogP contribution is -2.33. The molecule has 1 saturated carbocycles. The van der Waals surface area contributed by atoms with Gasteiger partial charge in [0.15, 0.2) is 4.34 Å². The Balaban J connectivity index is 1.86. The van der Waals surface area contributed by atoms with Crippen LogP contribution in [-0.4, -0.2) is 25.8 Å². The van der Waals surface area contributed by atoms with Gasteiger partial charge in [-0.3, -0.25) is 0 Å². The van der Waals surface area contributed by atoms with Crippen LogP contribution in [0.5, 0.6) is 0 Å². The molecule has 0 saturated heterocycles. The van der Waals surface area contributed by atoms with E-state index in [0.717, 1.165) is 41.6 Å². The van der Waals surface area contributed by atoms with Gasteiger partial charge in [-0.15, -0.1) is 0 Å². The standard InChI is InChI=1S/C10H16N2OS2/c1-8-11-9(15-12-8)14-7-10(13)5-3-2-4-6-10/h13H,2-7H2,1H3. The van der Waals surface area contributed by atoms with Crippen molar-refractivity contribution in [1.82, 2.24) is 9.36 Å². The van der Waals surface area contributed by atoms with E-state index in [1.165, 1.54) is 18.0 Å². The maximum atomic E-state index is 10.3. The first-order valence-electron chi connectivity index (χ1n) is 5.33. The molecule has 5 heteroatoms. The number of aromatic nitrogens is 2. The van der Waals surface area contributed by atoms with E-state index in [-0.39, 0.29) is 0 Å². The Morgan fingerprint density at radius 2 is 2.13 bits per heavy atom. The Kier molecular flexibility index (Phi) is 3.64. The third-order valence-electron chi connectivity index (χ3n) is 2.76. The predicted molar refractivity (Wildman–Crippen MR) is 63.4 cm³/mol. The lowest BCUT2D eigenvalue weighted by Gasteiger charge is -2.31. The first kappa shape index (κ1) is 11.4. The highest BCUT2D eigenvalue weighted by molar-refractivity contribution is 8.01. The second-order valence-electron chi connectivity index (χ2n) is 4.18. The van der Waals surface area contributed by atoms with E-state index < -0.39 is 5.60 Å². The molecule has 1 aliphatic carbocycles. The second kappa shape index (κ2) is 4.80. The minimum atomic E-state index is -0.456. The molecule has 1 aromatic heterocycles. The van der Waals surface area contributed by atoms with Crippen LogP contribution < -0.4 is 0 Å². The lowest BCUT2D eigenvalue weighted by atomic mass is 9.86. The largest absolute Gasteiger partial charge is 0.389 e. The highest BCUT2D eigenvalue weighted by atomic mass is 32.2. The third-order valence-corrected chi connectivity index (χ3v) is 4.96. The number of thioether (sulfide) groups is 1. The van der Waals surface area contributed by atoms with Crippen LogP contribution in [0.15, 0.2) is 4.34 Å². The van der Waals surface area contributed by atoms with Crippen LogP contribution in [0.4, 0.5) is 0 Å². The zero-order valence-electron chi connectivity index (χ0n) is 8.90. The molecule has 0 aliphatic heterocycles. The summed E-state index contributed by atoms with van der Waals surface area (Å²) in [7, 11) is 0. The van der Waals surface area contributed by atoms with Crippen LogP contribution in [0.1, 0.15) is 37.9 Å². The van der Waals surface area contributed by atoms with Crippen LogP contribution in [0.25, 0.3) is 0 Å². The first-order valence-corrected chi connectivity index (χ1v) is 7.09. The van der Waals surface area contributed by atoms with Crippen molar-refractivity contribution in [3.8, 4) is 0 Å². The summed E-state index contributed by atoms with van der Waals surface area (Å²) in [6.45, 7) is 1.90. The summed E-state index contributed by atoms with van der Waals surface area (Å²) in [6, 6.07) is 0. The molecule has 1 heterocycles. The van der Waals surface area contributed by atoms with Crippen LogP contribution in [0.3, 0.4) is 0 Å². The van der Waals surface area contributed by atoms with Gasteiger partial charge in [0.05, 0.1) is 5.60 Å². The van der Waals surface area contributed by atoms with Gasteiger partial charge in [0, 0.05) is 5.75 Å². The maximum absolute atomic E-state index is 10.3. The highest BCUT2D eigenvalue weighted by Crippen LogP contribution is 2.33. The van der Waals surface area contributed by atoms with Crippen molar-refractivity contribution in [2.45, 2.75) is 49.0 Å². The van der Waals surface area contributed by atoms with Crippen molar-refractivity contribution in [1.29, 1.82) is 0 Å². The van der Waals surface area contributed by atoms with Gasteiger partial charge in [0.25, 0.3) is 0 Å². The molecule has 15 heavy (non-hydrogen) atoms. The van der Waals surface area contributed by atoms with Crippen molar-refractivity contribution in [3.63, 3.8) is 0 Å². The molecule has 0 unspecified atom stereocenters. The fourth-order valence-corrected chi connectivity index (χ4v) is 3.69. The molecule has 0 aromatic carbocycles. The van der Waals surface area contributed by atoms with Crippen LogP contribution >= 0.6 is 23.3 Å². The molecule has 1 aliphatic rings. The lowest BCUT2D eigenvalue weighted by molar-refractivity contribution is 0.0273. The predicted octanol–water partition coefficient (Wildman–Crippen LogP) is 2.63. The molecule has 0 radical (unpaired) electrons. The van der Waals surface area contributed by atoms with Crippen molar-refractivity contribution >= 4 is 23.3 Å². The summed E-state index contributed by atoms with van der Waals surface area (Å²) < 4.78 is 5.11. The highest BCUT2D eigenvalue weighted by Gasteiger charge is 2.29. The van der Waals surface area contributed by atoms with Crippen LogP contribution in [-0.2, 0) is 0 Å². The summed E-state index contributed by atoms with van der Waals surface area (Å²) in [4.78, 5) is 4.29. The zero-order valence-corrected chi connectivity index (χ0v) is 10.5. The molecule has 84 valence electrons. The normalized spacial score (nSPS) is 20.4. The van der Waals surface area contributed by atoms with Crippen molar-refractivity contribution < 1.29 is 5.11 Å². The minimum Gasteiger partial charge on any atom is -0.389 e. The van der Waals surface area contributed by atoms with E-state index in [2.05, 4.69) is 9.36 Å². The number of nitrogens with zero attached hydrogens (tertiary/aromatic N) is 2. The van der Waals surface area contributed by atoms with E-state index in [4.69, 9.17) is 0 Å². The average molecular weight is 244 g/mol. The Morgan fingerprint density at radius 3 is 2.73 bits per heavy atom. The van der Waals surface area contributed by atoms with Gasteiger partial charge in [0.1, 0.15) is 5.82 Å². The first-order chi connectivity index (χ1) is 7.18.